The fraction of sp³-hybridized carbons (Fsp3) is 0.750. The van der Waals surface area contributed by atoms with Crippen molar-refractivity contribution in [3.8, 4) is 0 Å². The molecule has 0 heterocycles. The third-order valence-electron chi connectivity index (χ3n) is 1.03. The molecule has 4 nitrogen and oxygen atoms in total. The number of hydrogen-bond donors (Lipinski definition) is 2. The normalized spacial score (nSPS) is 7.60. The van der Waals surface area contributed by atoms with Crippen molar-refractivity contribution in [3.05, 3.63) is 0 Å². The number of unbranched alkanes of at least 4 members (excludes halogenated alkanes) is 1. The summed E-state index contributed by atoms with van der Waals surface area (Å²) in [6.07, 6.45) is 2.14. The number of rotatable bonds is 4. The smallest absolute Gasteiger partial charge is 0.253 e. The Morgan fingerprint density at radius 1 is 1.07 bits per heavy atom. The predicted molar refractivity (Wildman–Crippen MR) is 66.1 cm³/mol. The van der Waals surface area contributed by atoms with Crippen LogP contribution in [-0.4, -0.2) is 23.6 Å². The van der Waals surface area contributed by atoms with E-state index in [4.69, 9.17) is 16.2 Å². The topological polar surface area (TPSA) is 70.5 Å². The Kier molecular flexibility index (Phi) is 22.4. The van der Waals surface area contributed by atoms with Crippen molar-refractivity contribution in [2.45, 2.75) is 26.7 Å². The molecule has 86 valence electrons. The van der Waals surface area contributed by atoms with Crippen molar-refractivity contribution in [2.75, 3.05) is 13.2 Å². The van der Waals surface area contributed by atoms with Crippen LogP contribution in [0.15, 0.2) is 0 Å². The SMILES string of the molecule is CCCCOC(N)=S.CCOC(N)=S.[Zn]. The summed E-state index contributed by atoms with van der Waals surface area (Å²) in [4.78, 5) is 0. The summed E-state index contributed by atoms with van der Waals surface area (Å²) in [5.41, 5.74) is 9.95. The fourth-order valence-electron chi connectivity index (χ4n) is 0.459. The van der Waals surface area contributed by atoms with Crippen LogP contribution in [0.2, 0.25) is 0 Å². The van der Waals surface area contributed by atoms with E-state index in [-0.39, 0.29) is 29.8 Å². The van der Waals surface area contributed by atoms with Gasteiger partial charge in [0.1, 0.15) is 0 Å². The van der Waals surface area contributed by atoms with Gasteiger partial charge < -0.3 is 20.9 Å². The first-order valence-corrected chi connectivity index (χ1v) is 5.20. The molecule has 0 spiro atoms. The van der Waals surface area contributed by atoms with Crippen LogP contribution in [-0.2, 0) is 29.0 Å². The molecule has 0 atom stereocenters. The molecule has 7 heteroatoms. The zero-order valence-corrected chi connectivity index (χ0v) is 13.9. The number of thiocarbonyl (C=S) groups is 2. The van der Waals surface area contributed by atoms with Crippen LogP contribution in [0.4, 0.5) is 0 Å². The van der Waals surface area contributed by atoms with E-state index in [0.717, 1.165) is 12.8 Å². The minimum absolute atomic E-state index is 0. The van der Waals surface area contributed by atoms with Gasteiger partial charge in [-0.05, 0) is 37.8 Å². The molecule has 0 aliphatic carbocycles. The molecule has 0 saturated heterocycles. The first-order valence-electron chi connectivity index (χ1n) is 4.39. The van der Waals surface area contributed by atoms with E-state index in [1.165, 1.54) is 0 Å². The zero-order chi connectivity index (χ0) is 11.4. The molecule has 0 unspecified atom stereocenters. The Labute approximate surface area is 115 Å². The first-order chi connectivity index (χ1) is 6.54. The average molecular weight is 304 g/mol. The fourth-order valence-corrected chi connectivity index (χ4v) is 0.661. The summed E-state index contributed by atoms with van der Waals surface area (Å²) in [7, 11) is 0. The van der Waals surface area contributed by atoms with E-state index < -0.39 is 0 Å². The Morgan fingerprint density at radius 2 is 1.53 bits per heavy atom. The van der Waals surface area contributed by atoms with Gasteiger partial charge in [-0.3, -0.25) is 0 Å². The molecular formula is C8H18N2O2S2Zn. The van der Waals surface area contributed by atoms with Gasteiger partial charge in [0.15, 0.2) is 0 Å². The quantitative estimate of drug-likeness (QED) is 0.464. The van der Waals surface area contributed by atoms with Gasteiger partial charge in [-0.15, -0.1) is 0 Å². The second-order valence-electron chi connectivity index (χ2n) is 2.27. The van der Waals surface area contributed by atoms with Crippen LogP contribution >= 0.6 is 24.4 Å². The number of ether oxygens (including phenoxy) is 2. The van der Waals surface area contributed by atoms with Crippen molar-refractivity contribution in [3.63, 3.8) is 0 Å². The molecule has 0 rings (SSSR count). The second-order valence-corrected chi connectivity index (χ2v) is 3.08. The van der Waals surface area contributed by atoms with Crippen LogP contribution < -0.4 is 11.5 Å². The van der Waals surface area contributed by atoms with Crippen LogP contribution in [0.3, 0.4) is 0 Å². The summed E-state index contributed by atoms with van der Waals surface area (Å²) in [6, 6.07) is 0. The van der Waals surface area contributed by atoms with Crippen molar-refractivity contribution < 1.29 is 29.0 Å². The Morgan fingerprint density at radius 3 is 1.73 bits per heavy atom. The van der Waals surface area contributed by atoms with Gasteiger partial charge in [0.25, 0.3) is 10.3 Å². The summed E-state index contributed by atoms with van der Waals surface area (Å²) in [5, 5.41) is 0.274. The Hall–Kier alpha value is 0.00338. The maximum absolute atomic E-state index is 5.04. The van der Waals surface area contributed by atoms with Crippen LogP contribution in [0.5, 0.6) is 0 Å². The molecule has 0 radical (unpaired) electrons. The summed E-state index contributed by atoms with van der Waals surface area (Å²) in [6.45, 7) is 5.14. The minimum Gasteiger partial charge on any atom is -0.472 e. The maximum atomic E-state index is 5.04. The molecule has 0 saturated carbocycles. The molecule has 15 heavy (non-hydrogen) atoms. The molecule has 0 aliphatic heterocycles. The van der Waals surface area contributed by atoms with Crippen LogP contribution in [0.1, 0.15) is 26.7 Å². The van der Waals surface area contributed by atoms with Crippen molar-refractivity contribution in [1.82, 2.24) is 0 Å². The Bertz CT molecular complexity index is 171. The third-order valence-corrected chi connectivity index (χ3v) is 1.26. The van der Waals surface area contributed by atoms with Gasteiger partial charge >= 0.3 is 0 Å². The standard InChI is InChI=1S/C5H11NOS.C3H7NOS.Zn/c1-2-3-4-7-5(6)8;1-2-5-3(4)6;/h2-4H2,1H3,(H2,6,8);2H2,1H3,(H2,4,6);. The van der Waals surface area contributed by atoms with Crippen molar-refractivity contribution in [2.24, 2.45) is 11.5 Å². The molecule has 4 N–H and O–H groups in total. The van der Waals surface area contributed by atoms with E-state index in [2.05, 4.69) is 36.1 Å². The van der Waals surface area contributed by atoms with E-state index in [0.29, 0.717) is 13.2 Å². The number of nitrogens with two attached hydrogens (primary N) is 2. The molecule has 0 amide bonds. The predicted octanol–water partition coefficient (Wildman–Crippen LogP) is 1.31. The van der Waals surface area contributed by atoms with Gasteiger partial charge in [0, 0.05) is 19.5 Å². The second kappa shape index (κ2) is 16.4. The van der Waals surface area contributed by atoms with Crippen LogP contribution in [0, 0.1) is 0 Å². The van der Waals surface area contributed by atoms with Gasteiger partial charge in [-0.1, -0.05) is 13.3 Å². The van der Waals surface area contributed by atoms with Gasteiger partial charge in [0.2, 0.25) is 0 Å². The van der Waals surface area contributed by atoms with Gasteiger partial charge in [-0.2, -0.15) is 0 Å². The molecule has 0 aromatic heterocycles. The van der Waals surface area contributed by atoms with Gasteiger partial charge in [-0.25, -0.2) is 0 Å². The van der Waals surface area contributed by atoms with E-state index in [1.54, 1.807) is 0 Å². The first kappa shape index (κ1) is 20.4. The molecule has 0 aliphatic rings. The van der Waals surface area contributed by atoms with E-state index in [9.17, 15) is 0 Å². The maximum Gasteiger partial charge on any atom is 0.253 e. The van der Waals surface area contributed by atoms with E-state index >= 15 is 0 Å². The van der Waals surface area contributed by atoms with Crippen LogP contribution in [0.25, 0.3) is 0 Å². The van der Waals surface area contributed by atoms with Gasteiger partial charge in [0.05, 0.1) is 13.2 Å². The molecule has 0 aromatic rings. The third kappa shape index (κ3) is 31.5. The molecular weight excluding hydrogens is 286 g/mol. The Balaban J connectivity index is -0.000000187. The molecule has 0 bridgehead atoms. The minimum atomic E-state index is 0. The summed E-state index contributed by atoms with van der Waals surface area (Å²) >= 11 is 8.81. The van der Waals surface area contributed by atoms with Crippen molar-refractivity contribution >= 4 is 34.8 Å². The summed E-state index contributed by atoms with van der Waals surface area (Å²) < 4.78 is 9.34. The monoisotopic (exact) mass is 302 g/mol. The zero-order valence-electron chi connectivity index (χ0n) is 9.32. The average Bonchev–Trinajstić information content (AvgIpc) is 2.05. The largest absolute Gasteiger partial charge is 0.472 e. The number of hydrogen-bond acceptors (Lipinski definition) is 4. The molecule has 0 fully saturated rings. The molecule has 0 aromatic carbocycles. The summed E-state index contributed by atoms with van der Waals surface area (Å²) in [5.74, 6) is 0. The van der Waals surface area contributed by atoms with E-state index in [1.807, 2.05) is 6.92 Å². The van der Waals surface area contributed by atoms with Crippen molar-refractivity contribution in [1.29, 1.82) is 0 Å².